The van der Waals surface area contributed by atoms with Gasteiger partial charge in [-0.05, 0) is 20.3 Å². The molecule has 21 heavy (non-hydrogen) atoms. The van der Waals surface area contributed by atoms with E-state index in [1.54, 1.807) is 4.68 Å². The summed E-state index contributed by atoms with van der Waals surface area (Å²) >= 11 is 6.33. The number of aromatic nitrogens is 4. The number of hydrogen-bond acceptors (Lipinski definition) is 3. The molecule has 0 saturated carbocycles. The molecule has 6 nitrogen and oxygen atoms in total. The van der Waals surface area contributed by atoms with Crippen LogP contribution in [0.2, 0.25) is 5.02 Å². The van der Waals surface area contributed by atoms with Gasteiger partial charge in [0.25, 0.3) is 5.56 Å². The molecule has 0 unspecified atom stereocenters. The molecule has 0 bridgehead atoms. The molecule has 2 aromatic heterocycles. The van der Waals surface area contributed by atoms with Crippen molar-refractivity contribution in [1.82, 2.24) is 18.9 Å². The van der Waals surface area contributed by atoms with Crippen LogP contribution in [-0.2, 0) is 26.1 Å². The van der Waals surface area contributed by atoms with Crippen molar-refractivity contribution < 1.29 is 0 Å². The highest BCUT2D eigenvalue weighted by molar-refractivity contribution is 6.31. The molecule has 0 aliphatic rings. The number of rotatable bonds is 5. The SMILES string of the molecule is CCc1nn(CC)c(Cn2c(=O)ccn(CC)c2=O)c1Cl. The van der Waals surface area contributed by atoms with Gasteiger partial charge in [0, 0.05) is 25.4 Å². The van der Waals surface area contributed by atoms with Gasteiger partial charge in [-0.25, -0.2) is 4.79 Å². The summed E-state index contributed by atoms with van der Waals surface area (Å²) < 4.78 is 4.43. The zero-order valence-electron chi connectivity index (χ0n) is 12.5. The molecule has 114 valence electrons. The molecule has 0 aliphatic heterocycles. The quantitative estimate of drug-likeness (QED) is 0.841. The van der Waals surface area contributed by atoms with Crippen molar-refractivity contribution in [1.29, 1.82) is 0 Å². The minimum absolute atomic E-state index is 0.137. The molecule has 0 N–H and O–H groups in total. The molecule has 2 aromatic rings. The summed E-state index contributed by atoms with van der Waals surface area (Å²) in [6.45, 7) is 7.06. The highest BCUT2D eigenvalue weighted by Gasteiger charge is 2.16. The molecule has 2 rings (SSSR count). The molecule has 0 amide bonds. The maximum absolute atomic E-state index is 12.3. The van der Waals surface area contributed by atoms with Crippen molar-refractivity contribution in [3.63, 3.8) is 0 Å². The van der Waals surface area contributed by atoms with Crippen LogP contribution in [-0.4, -0.2) is 18.9 Å². The first-order chi connectivity index (χ1) is 10.0. The lowest BCUT2D eigenvalue weighted by molar-refractivity contribution is 0.553. The van der Waals surface area contributed by atoms with Gasteiger partial charge in [0.05, 0.1) is 23.0 Å². The summed E-state index contributed by atoms with van der Waals surface area (Å²) in [7, 11) is 0. The van der Waals surface area contributed by atoms with E-state index in [0.29, 0.717) is 30.2 Å². The monoisotopic (exact) mass is 310 g/mol. The molecule has 0 aliphatic carbocycles. The van der Waals surface area contributed by atoms with Crippen LogP contribution in [0.5, 0.6) is 0 Å². The summed E-state index contributed by atoms with van der Waals surface area (Å²) in [5.74, 6) is 0. The van der Waals surface area contributed by atoms with Crippen LogP contribution in [0.1, 0.15) is 32.2 Å². The van der Waals surface area contributed by atoms with E-state index in [9.17, 15) is 9.59 Å². The first-order valence-corrected chi connectivity index (χ1v) is 7.45. The zero-order chi connectivity index (χ0) is 15.6. The minimum Gasteiger partial charge on any atom is -0.301 e. The largest absolute Gasteiger partial charge is 0.331 e. The first-order valence-electron chi connectivity index (χ1n) is 7.07. The van der Waals surface area contributed by atoms with E-state index in [1.165, 1.54) is 21.4 Å². The van der Waals surface area contributed by atoms with E-state index in [2.05, 4.69) is 5.10 Å². The first kappa shape index (κ1) is 15.6. The van der Waals surface area contributed by atoms with Gasteiger partial charge in [-0.2, -0.15) is 5.10 Å². The minimum atomic E-state index is -0.331. The fourth-order valence-electron chi connectivity index (χ4n) is 2.26. The van der Waals surface area contributed by atoms with E-state index in [4.69, 9.17) is 11.6 Å². The Bertz CT molecular complexity index is 757. The maximum atomic E-state index is 12.3. The van der Waals surface area contributed by atoms with Gasteiger partial charge in [0.2, 0.25) is 0 Å². The predicted molar refractivity (Wildman–Crippen MR) is 82.0 cm³/mol. The summed E-state index contributed by atoms with van der Waals surface area (Å²) in [6.07, 6.45) is 2.22. The molecule has 0 saturated heterocycles. The highest BCUT2D eigenvalue weighted by atomic mass is 35.5. The average Bonchev–Trinajstić information content (AvgIpc) is 2.79. The average molecular weight is 311 g/mol. The third kappa shape index (κ3) is 2.81. The van der Waals surface area contributed by atoms with Crippen molar-refractivity contribution in [3.8, 4) is 0 Å². The van der Waals surface area contributed by atoms with Gasteiger partial charge in [-0.15, -0.1) is 0 Å². The molecule has 7 heteroatoms. The molecule has 0 fully saturated rings. The van der Waals surface area contributed by atoms with Crippen molar-refractivity contribution in [3.05, 3.63) is 49.5 Å². The number of halogens is 1. The second-order valence-electron chi connectivity index (χ2n) is 4.69. The predicted octanol–water partition coefficient (Wildman–Crippen LogP) is 1.51. The molecule has 2 heterocycles. The van der Waals surface area contributed by atoms with E-state index in [0.717, 1.165) is 5.69 Å². The van der Waals surface area contributed by atoms with Gasteiger partial charge >= 0.3 is 5.69 Å². The van der Waals surface area contributed by atoms with Crippen LogP contribution < -0.4 is 11.2 Å². The van der Waals surface area contributed by atoms with Crippen LogP contribution in [0.15, 0.2) is 21.9 Å². The Morgan fingerprint density at radius 1 is 1.19 bits per heavy atom. The standard InChI is InChI=1S/C14H19ClN4O2/c1-4-10-13(15)11(19(6-3)16-10)9-18-12(20)7-8-17(5-2)14(18)21/h7-8H,4-6,9H2,1-3H3. The Kier molecular flexibility index (Phi) is 4.67. The third-order valence-electron chi connectivity index (χ3n) is 3.48. The van der Waals surface area contributed by atoms with E-state index in [1.807, 2.05) is 20.8 Å². The lowest BCUT2D eigenvalue weighted by Gasteiger charge is -2.09. The van der Waals surface area contributed by atoms with Crippen LogP contribution in [0, 0.1) is 0 Å². The lowest BCUT2D eigenvalue weighted by atomic mass is 10.3. The normalized spacial score (nSPS) is 11.0. The Balaban J connectivity index is 2.55. The second-order valence-corrected chi connectivity index (χ2v) is 5.06. The van der Waals surface area contributed by atoms with Gasteiger partial charge in [-0.1, -0.05) is 18.5 Å². The van der Waals surface area contributed by atoms with Gasteiger partial charge in [0.15, 0.2) is 0 Å². The highest BCUT2D eigenvalue weighted by Crippen LogP contribution is 2.21. The van der Waals surface area contributed by atoms with Crippen molar-refractivity contribution >= 4 is 11.6 Å². The molecular formula is C14H19ClN4O2. The smallest absolute Gasteiger partial charge is 0.301 e. The van der Waals surface area contributed by atoms with Crippen molar-refractivity contribution in [2.45, 2.75) is 46.8 Å². The van der Waals surface area contributed by atoms with Crippen LogP contribution in [0.4, 0.5) is 0 Å². The fourth-order valence-corrected chi connectivity index (χ4v) is 2.59. The topological polar surface area (TPSA) is 61.8 Å². The van der Waals surface area contributed by atoms with Crippen LogP contribution >= 0.6 is 11.6 Å². The van der Waals surface area contributed by atoms with Gasteiger partial charge < -0.3 is 4.57 Å². The fraction of sp³-hybridized carbons (Fsp3) is 0.500. The summed E-state index contributed by atoms with van der Waals surface area (Å²) in [5.41, 5.74) is 0.822. The maximum Gasteiger partial charge on any atom is 0.331 e. The third-order valence-corrected chi connectivity index (χ3v) is 3.92. The lowest BCUT2D eigenvalue weighted by Crippen LogP contribution is -2.39. The Morgan fingerprint density at radius 2 is 1.90 bits per heavy atom. The van der Waals surface area contributed by atoms with Crippen LogP contribution in [0.3, 0.4) is 0 Å². The Labute approximate surface area is 127 Å². The Hall–Kier alpha value is -1.82. The van der Waals surface area contributed by atoms with Crippen molar-refractivity contribution in [2.24, 2.45) is 0 Å². The number of hydrogen-bond donors (Lipinski definition) is 0. The van der Waals surface area contributed by atoms with Crippen molar-refractivity contribution in [2.75, 3.05) is 0 Å². The second kappa shape index (κ2) is 6.30. The van der Waals surface area contributed by atoms with Gasteiger partial charge in [0.1, 0.15) is 0 Å². The van der Waals surface area contributed by atoms with E-state index in [-0.39, 0.29) is 17.8 Å². The molecule has 0 spiro atoms. The molecule has 0 aromatic carbocycles. The van der Waals surface area contributed by atoms with Gasteiger partial charge in [-0.3, -0.25) is 14.0 Å². The summed E-state index contributed by atoms with van der Waals surface area (Å²) in [5, 5.41) is 4.94. The van der Waals surface area contributed by atoms with Crippen LogP contribution in [0.25, 0.3) is 0 Å². The van der Waals surface area contributed by atoms with E-state index < -0.39 is 0 Å². The summed E-state index contributed by atoms with van der Waals surface area (Å²) in [4.78, 5) is 24.2. The number of nitrogens with zero attached hydrogens (tertiary/aromatic N) is 4. The number of aryl methyl sites for hydroxylation is 3. The zero-order valence-corrected chi connectivity index (χ0v) is 13.2. The molecule has 0 atom stereocenters. The molecule has 0 radical (unpaired) electrons. The Morgan fingerprint density at radius 3 is 2.48 bits per heavy atom. The summed E-state index contributed by atoms with van der Waals surface area (Å²) in [6, 6.07) is 1.40. The van der Waals surface area contributed by atoms with E-state index >= 15 is 0 Å². The molecular weight excluding hydrogens is 292 g/mol.